The molecule has 1 saturated heterocycles. The summed E-state index contributed by atoms with van der Waals surface area (Å²) < 4.78 is 6.94. The monoisotopic (exact) mass is 496 g/mol. The van der Waals surface area contributed by atoms with Gasteiger partial charge in [0.25, 0.3) is 5.56 Å². The van der Waals surface area contributed by atoms with Crippen molar-refractivity contribution in [1.29, 1.82) is 0 Å². The molecular formula is C23H21ClN6O3S. The molecule has 4 aromatic rings. The summed E-state index contributed by atoms with van der Waals surface area (Å²) in [7, 11) is 0. The number of thiophene rings is 1. The van der Waals surface area contributed by atoms with E-state index in [1.165, 1.54) is 4.68 Å². The lowest BCUT2D eigenvalue weighted by Crippen LogP contribution is -2.49. The number of nitrogens with zero attached hydrogens (tertiary/aromatic N) is 6. The average molecular weight is 497 g/mol. The van der Waals surface area contributed by atoms with Crippen molar-refractivity contribution in [2.75, 3.05) is 31.1 Å². The molecule has 1 aliphatic heterocycles. The number of anilines is 1. The highest BCUT2D eigenvalue weighted by Crippen LogP contribution is 2.24. The molecule has 0 aliphatic carbocycles. The van der Waals surface area contributed by atoms with Crippen molar-refractivity contribution in [3.05, 3.63) is 74.6 Å². The lowest BCUT2D eigenvalue weighted by molar-refractivity contribution is -0.131. The Bertz CT molecular complexity index is 1330. The molecule has 1 fully saturated rings. The molecule has 4 heterocycles. The number of aryl methyl sites for hydroxylation is 1. The fourth-order valence-electron chi connectivity index (χ4n) is 3.82. The summed E-state index contributed by atoms with van der Waals surface area (Å²) in [4.78, 5) is 29.3. The van der Waals surface area contributed by atoms with E-state index in [0.717, 1.165) is 5.56 Å². The zero-order valence-electron chi connectivity index (χ0n) is 18.1. The van der Waals surface area contributed by atoms with Gasteiger partial charge < -0.3 is 14.2 Å². The number of amides is 1. The summed E-state index contributed by atoms with van der Waals surface area (Å²) in [6, 6.07) is 11.1. The zero-order valence-corrected chi connectivity index (χ0v) is 19.7. The predicted octanol–water partition coefficient (Wildman–Crippen LogP) is 3.28. The first-order valence-corrected chi connectivity index (χ1v) is 12.1. The van der Waals surface area contributed by atoms with Crippen LogP contribution in [0, 0.1) is 0 Å². The summed E-state index contributed by atoms with van der Waals surface area (Å²) in [5, 5.41) is 16.4. The molecule has 11 heteroatoms. The van der Waals surface area contributed by atoms with Crippen LogP contribution >= 0.6 is 22.9 Å². The molecule has 5 rings (SSSR count). The van der Waals surface area contributed by atoms with Crippen LogP contribution in [0.15, 0.2) is 62.6 Å². The number of hydrogen-bond acceptors (Lipinski definition) is 8. The number of para-hydroxylation sites is 1. The molecule has 0 atom stereocenters. The van der Waals surface area contributed by atoms with Crippen LogP contribution in [0.2, 0.25) is 5.02 Å². The summed E-state index contributed by atoms with van der Waals surface area (Å²) in [5.41, 5.74) is 1.75. The number of rotatable bonds is 6. The lowest BCUT2D eigenvalue weighted by atomic mass is 10.2. The predicted molar refractivity (Wildman–Crippen MR) is 130 cm³/mol. The second kappa shape index (κ2) is 9.78. The summed E-state index contributed by atoms with van der Waals surface area (Å²) >= 11 is 7.98. The average Bonchev–Trinajstić information content (AvgIpc) is 3.57. The fraction of sp³-hybridized carbons (Fsp3) is 0.261. The third kappa shape index (κ3) is 4.59. The van der Waals surface area contributed by atoms with Crippen LogP contribution in [-0.2, 0) is 11.2 Å². The largest absolute Gasteiger partial charge is 0.421 e. The summed E-state index contributed by atoms with van der Waals surface area (Å²) in [6.45, 7) is 2.18. The molecule has 0 N–H and O–H groups in total. The Balaban J connectivity index is 1.17. The van der Waals surface area contributed by atoms with Gasteiger partial charge in [0.05, 0.1) is 17.6 Å². The summed E-state index contributed by atoms with van der Waals surface area (Å²) in [6.07, 6.45) is 2.29. The van der Waals surface area contributed by atoms with Crippen LogP contribution in [0.4, 0.5) is 5.69 Å². The normalized spacial score (nSPS) is 13.9. The molecule has 1 aliphatic rings. The molecule has 1 amide bonds. The van der Waals surface area contributed by atoms with Crippen molar-refractivity contribution >= 4 is 34.5 Å². The van der Waals surface area contributed by atoms with Crippen LogP contribution < -0.4 is 10.5 Å². The standard InChI is InChI=1S/C23H21ClN6O3S/c24-21-18(14-25-30(23(21)32)17-4-2-1-3-5-17)28-9-11-29(12-10-28)20(31)7-6-19-26-27-22(33-19)16-8-13-34-15-16/h1-5,8,13-15H,6-7,9-12H2. The van der Waals surface area contributed by atoms with E-state index in [1.54, 1.807) is 34.6 Å². The molecule has 9 nitrogen and oxygen atoms in total. The number of halogens is 1. The Hall–Kier alpha value is -3.50. The molecule has 34 heavy (non-hydrogen) atoms. The summed E-state index contributed by atoms with van der Waals surface area (Å²) in [5.74, 6) is 0.945. The van der Waals surface area contributed by atoms with Gasteiger partial charge in [-0.05, 0) is 23.6 Å². The number of hydrogen-bond donors (Lipinski definition) is 0. The van der Waals surface area contributed by atoms with Gasteiger partial charge in [0.1, 0.15) is 5.02 Å². The van der Waals surface area contributed by atoms with Crippen LogP contribution in [0.1, 0.15) is 12.3 Å². The third-order valence-corrected chi connectivity index (χ3v) is 6.70. The quantitative estimate of drug-likeness (QED) is 0.404. The highest BCUT2D eigenvalue weighted by Gasteiger charge is 2.24. The first kappa shape index (κ1) is 22.3. The minimum atomic E-state index is -0.370. The van der Waals surface area contributed by atoms with E-state index in [0.29, 0.717) is 62.2 Å². The van der Waals surface area contributed by atoms with Gasteiger partial charge in [-0.1, -0.05) is 29.8 Å². The smallest absolute Gasteiger partial charge is 0.292 e. The van der Waals surface area contributed by atoms with Gasteiger partial charge in [-0.2, -0.15) is 21.1 Å². The van der Waals surface area contributed by atoms with Crippen LogP contribution in [0.25, 0.3) is 17.1 Å². The maximum absolute atomic E-state index is 12.8. The molecule has 3 aromatic heterocycles. The Morgan fingerprint density at radius 1 is 1.09 bits per heavy atom. The van der Waals surface area contributed by atoms with Gasteiger partial charge in [-0.15, -0.1) is 10.2 Å². The highest BCUT2D eigenvalue weighted by molar-refractivity contribution is 7.08. The second-order valence-corrected chi connectivity index (χ2v) is 8.94. The second-order valence-electron chi connectivity index (χ2n) is 7.78. The van der Waals surface area contributed by atoms with E-state index in [1.807, 2.05) is 39.9 Å². The van der Waals surface area contributed by atoms with Crippen molar-refractivity contribution in [2.24, 2.45) is 0 Å². The molecule has 0 unspecified atom stereocenters. The Kier molecular flexibility index (Phi) is 6.41. The minimum absolute atomic E-state index is 0.0265. The highest BCUT2D eigenvalue weighted by atomic mass is 35.5. The van der Waals surface area contributed by atoms with E-state index in [9.17, 15) is 9.59 Å². The van der Waals surface area contributed by atoms with Crippen molar-refractivity contribution in [3.63, 3.8) is 0 Å². The number of carbonyl (C=O) groups is 1. The molecule has 0 bridgehead atoms. The van der Waals surface area contributed by atoms with E-state index >= 15 is 0 Å². The molecular weight excluding hydrogens is 476 g/mol. The maximum Gasteiger partial charge on any atom is 0.292 e. The van der Waals surface area contributed by atoms with Crippen LogP contribution in [0.5, 0.6) is 0 Å². The first-order valence-electron chi connectivity index (χ1n) is 10.8. The Labute approximate surface area is 204 Å². The molecule has 0 radical (unpaired) electrons. The molecule has 0 saturated carbocycles. The lowest BCUT2D eigenvalue weighted by Gasteiger charge is -2.36. The van der Waals surface area contributed by atoms with Crippen molar-refractivity contribution < 1.29 is 9.21 Å². The van der Waals surface area contributed by atoms with E-state index in [4.69, 9.17) is 16.0 Å². The Morgan fingerprint density at radius 3 is 2.62 bits per heavy atom. The van der Waals surface area contributed by atoms with Gasteiger partial charge >= 0.3 is 0 Å². The van der Waals surface area contributed by atoms with Crippen molar-refractivity contribution in [2.45, 2.75) is 12.8 Å². The first-order chi connectivity index (χ1) is 16.6. The fourth-order valence-corrected chi connectivity index (χ4v) is 4.70. The third-order valence-electron chi connectivity index (χ3n) is 5.66. The molecule has 1 aromatic carbocycles. The van der Waals surface area contributed by atoms with E-state index in [-0.39, 0.29) is 16.5 Å². The number of benzene rings is 1. The van der Waals surface area contributed by atoms with Gasteiger partial charge in [-0.3, -0.25) is 9.59 Å². The number of piperazine rings is 1. The van der Waals surface area contributed by atoms with Gasteiger partial charge in [0, 0.05) is 50.0 Å². The SMILES string of the molecule is O=C(CCc1nnc(-c2ccsc2)o1)N1CCN(c2cnn(-c3ccccc3)c(=O)c2Cl)CC1. The zero-order chi connectivity index (χ0) is 23.5. The van der Waals surface area contributed by atoms with Crippen LogP contribution in [0.3, 0.4) is 0 Å². The molecule has 0 spiro atoms. The van der Waals surface area contributed by atoms with Crippen LogP contribution in [-0.4, -0.2) is 57.0 Å². The van der Waals surface area contributed by atoms with Crippen molar-refractivity contribution in [3.8, 4) is 17.1 Å². The van der Waals surface area contributed by atoms with Gasteiger partial charge in [-0.25, -0.2) is 0 Å². The van der Waals surface area contributed by atoms with Crippen molar-refractivity contribution in [1.82, 2.24) is 24.9 Å². The topological polar surface area (TPSA) is 97.4 Å². The Morgan fingerprint density at radius 2 is 1.88 bits per heavy atom. The van der Waals surface area contributed by atoms with Gasteiger partial charge in [0.15, 0.2) is 0 Å². The van der Waals surface area contributed by atoms with E-state index in [2.05, 4.69) is 15.3 Å². The minimum Gasteiger partial charge on any atom is -0.421 e. The number of carbonyl (C=O) groups excluding carboxylic acids is 1. The number of aromatic nitrogens is 4. The van der Waals surface area contributed by atoms with E-state index < -0.39 is 0 Å². The molecule has 174 valence electrons. The van der Waals surface area contributed by atoms with Gasteiger partial charge in [0.2, 0.25) is 17.7 Å². The maximum atomic E-state index is 12.8.